The molecule has 0 aromatic heterocycles. The minimum atomic E-state index is -3.53. The second kappa shape index (κ2) is 9.64. The Morgan fingerprint density at radius 2 is 1.75 bits per heavy atom. The van der Waals surface area contributed by atoms with Crippen LogP contribution in [0, 0.1) is 0 Å². The van der Waals surface area contributed by atoms with Crippen LogP contribution >= 0.6 is 0 Å². The van der Waals surface area contributed by atoms with Crippen molar-refractivity contribution < 1.29 is 17.9 Å². The lowest BCUT2D eigenvalue weighted by atomic mass is 10.2. The van der Waals surface area contributed by atoms with Crippen molar-refractivity contribution in [1.82, 2.24) is 10.0 Å². The van der Waals surface area contributed by atoms with E-state index in [1.165, 1.54) is 12.1 Å². The van der Waals surface area contributed by atoms with E-state index >= 15 is 0 Å². The second-order valence-electron chi connectivity index (χ2n) is 5.95. The van der Waals surface area contributed by atoms with E-state index in [9.17, 15) is 13.2 Å². The molecule has 0 spiro atoms. The van der Waals surface area contributed by atoms with Crippen LogP contribution in [0.15, 0.2) is 29.2 Å². The summed E-state index contributed by atoms with van der Waals surface area (Å²) in [5.41, 5.74) is 0. The number of amides is 1. The SMILES string of the molecule is CCC[C@@H](C)NC(=O)COc1ccc(S(=O)(=O)N[C@@H](C)CC)cc1. The van der Waals surface area contributed by atoms with Gasteiger partial charge < -0.3 is 10.1 Å². The number of carbonyl (C=O) groups is 1. The highest BCUT2D eigenvalue weighted by Crippen LogP contribution is 2.16. The number of sulfonamides is 1. The highest BCUT2D eigenvalue weighted by Gasteiger charge is 2.16. The normalized spacial score (nSPS) is 14.0. The third-order valence-corrected chi connectivity index (χ3v) is 5.21. The summed E-state index contributed by atoms with van der Waals surface area (Å²) >= 11 is 0. The Bertz CT molecular complexity index is 614. The summed E-state index contributed by atoms with van der Waals surface area (Å²) in [5.74, 6) is 0.266. The first-order chi connectivity index (χ1) is 11.3. The molecule has 0 saturated heterocycles. The third-order valence-electron chi connectivity index (χ3n) is 3.60. The van der Waals surface area contributed by atoms with Crippen LogP contribution in [0.4, 0.5) is 0 Å². The second-order valence-corrected chi connectivity index (χ2v) is 7.66. The molecule has 24 heavy (non-hydrogen) atoms. The topological polar surface area (TPSA) is 84.5 Å². The summed E-state index contributed by atoms with van der Waals surface area (Å²) in [6.07, 6.45) is 2.64. The number of hydrogen-bond donors (Lipinski definition) is 2. The summed E-state index contributed by atoms with van der Waals surface area (Å²) in [7, 11) is -3.53. The Balaban J connectivity index is 2.57. The molecule has 1 rings (SSSR count). The van der Waals surface area contributed by atoms with Gasteiger partial charge in [-0.25, -0.2) is 13.1 Å². The van der Waals surface area contributed by atoms with Gasteiger partial charge in [-0.2, -0.15) is 0 Å². The van der Waals surface area contributed by atoms with Gasteiger partial charge in [0.15, 0.2) is 6.61 Å². The summed E-state index contributed by atoms with van der Waals surface area (Å²) in [4.78, 5) is 11.9. The van der Waals surface area contributed by atoms with Gasteiger partial charge in [-0.05, 0) is 51.0 Å². The molecule has 1 aromatic rings. The smallest absolute Gasteiger partial charge is 0.258 e. The van der Waals surface area contributed by atoms with Crippen molar-refractivity contribution in [1.29, 1.82) is 0 Å². The molecule has 0 aliphatic rings. The molecule has 1 amide bonds. The maximum Gasteiger partial charge on any atom is 0.258 e. The molecule has 0 unspecified atom stereocenters. The highest BCUT2D eigenvalue weighted by atomic mass is 32.2. The molecule has 0 heterocycles. The van der Waals surface area contributed by atoms with E-state index in [2.05, 4.69) is 17.0 Å². The molecular weight excluding hydrogens is 328 g/mol. The Kier molecular flexibility index (Phi) is 8.21. The molecule has 0 aliphatic heterocycles. The van der Waals surface area contributed by atoms with Crippen molar-refractivity contribution in [2.45, 2.75) is 63.9 Å². The van der Waals surface area contributed by atoms with E-state index in [4.69, 9.17) is 4.74 Å². The molecule has 0 saturated carbocycles. The van der Waals surface area contributed by atoms with Gasteiger partial charge in [0.05, 0.1) is 4.90 Å². The number of benzene rings is 1. The van der Waals surface area contributed by atoms with Crippen LogP contribution in [0.3, 0.4) is 0 Å². The predicted octanol–water partition coefficient (Wildman–Crippen LogP) is 2.45. The molecule has 6 nitrogen and oxygen atoms in total. The fourth-order valence-corrected chi connectivity index (χ4v) is 3.43. The molecule has 2 atom stereocenters. The van der Waals surface area contributed by atoms with Crippen LogP contribution in [0.5, 0.6) is 5.75 Å². The molecule has 0 fully saturated rings. The van der Waals surface area contributed by atoms with Gasteiger partial charge in [0.2, 0.25) is 10.0 Å². The lowest BCUT2D eigenvalue weighted by Gasteiger charge is -2.14. The molecule has 136 valence electrons. The zero-order valence-electron chi connectivity index (χ0n) is 14.8. The quantitative estimate of drug-likeness (QED) is 0.674. The Morgan fingerprint density at radius 3 is 2.29 bits per heavy atom. The summed E-state index contributed by atoms with van der Waals surface area (Å²) in [6.45, 7) is 7.64. The number of rotatable bonds is 10. The Morgan fingerprint density at radius 1 is 1.12 bits per heavy atom. The minimum absolute atomic E-state index is 0.0920. The molecule has 0 aliphatic carbocycles. The first-order valence-corrected chi connectivity index (χ1v) is 9.81. The fourth-order valence-electron chi connectivity index (χ4n) is 2.10. The monoisotopic (exact) mass is 356 g/mol. The van der Waals surface area contributed by atoms with Gasteiger partial charge in [0.1, 0.15) is 5.75 Å². The summed E-state index contributed by atoms with van der Waals surface area (Å²) in [6, 6.07) is 6.03. The van der Waals surface area contributed by atoms with Crippen LogP contribution in [-0.4, -0.2) is 33.0 Å². The maximum absolute atomic E-state index is 12.1. The summed E-state index contributed by atoms with van der Waals surface area (Å²) in [5, 5.41) is 2.84. The summed E-state index contributed by atoms with van der Waals surface area (Å²) < 4.78 is 32.3. The average molecular weight is 356 g/mol. The first kappa shape index (κ1) is 20.4. The van der Waals surface area contributed by atoms with Gasteiger partial charge in [-0.1, -0.05) is 20.3 Å². The molecular formula is C17H28N2O4S. The predicted molar refractivity (Wildman–Crippen MR) is 94.5 cm³/mol. The first-order valence-electron chi connectivity index (χ1n) is 8.33. The van der Waals surface area contributed by atoms with Crippen LogP contribution in [0.1, 0.15) is 47.0 Å². The lowest BCUT2D eigenvalue weighted by Crippen LogP contribution is -2.35. The lowest BCUT2D eigenvalue weighted by molar-refractivity contribution is -0.123. The van der Waals surface area contributed by atoms with E-state index in [1.54, 1.807) is 12.1 Å². The van der Waals surface area contributed by atoms with E-state index in [1.807, 2.05) is 20.8 Å². The van der Waals surface area contributed by atoms with E-state index in [-0.39, 0.29) is 29.5 Å². The van der Waals surface area contributed by atoms with E-state index in [0.29, 0.717) is 12.2 Å². The number of nitrogens with one attached hydrogen (secondary N) is 2. The average Bonchev–Trinajstić information content (AvgIpc) is 2.53. The molecule has 1 aromatic carbocycles. The van der Waals surface area contributed by atoms with Gasteiger partial charge in [-0.15, -0.1) is 0 Å². The zero-order valence-corrected chi connectivity index (χ0v) is 15.7. The van der Waals surface area contributed by atoms with Crippen LogP contribution in [-0.2, 0) is 14.8 Å². The van der Waals surface area contributed by atoms with E-state index in [0.717, 1.165) is 12.8 Å². The van der Waals surface area contributed by atoms with E-state index < -0.39 is 10.0 Å². The van der Waals surface area contributed by atoms with Crippen LogP contribution in [0.25, 0.3) is 0 Å². The standard InChI is InChI=1S/C17H28N2O4S/c1-5-7-14(4)18-17(20)12-23-15-8-10-16(11-9-15)24(21,22)19-13(3)6-2/h8-11,13-14,19H,5-7,12H2,1-4H3,(H,18,20)/t13-,14+/m0/s1. The third kappa shape index (κ3) is 6.88. The van der Waals surface area contributed by atoms with Crippen molar-refractivity contribution >= 4 is 15.9 Å². The van der Waals surface area contributed by atoms with Gasteiger partial charge in [0.25, 0.3) is 5.91 Å². The van der Waals surface area contributed by atoms with Crippen LogP contribution < -0.4 is 14.8 Å². The number of ether oxygens (including phenoxy) is 1. The zero-order chi connectivity index (χ0) is 18.2. The van der Waals surface area contributed by atoms with Crippen molar-refractivity contribution in [3.63, 3.8) is 0 Å². The number of hydrogen-bond acceptors (Lipinski definition) is 4. The maximum atomic E-state index is 12.1. The van der Waals surface area contributed by atoms with Crippen molar-refractivity contribution in [2.75, 3.05) is 6.61 Å². The Labute approximate surface area is 145 Å². The molecule has 0 bridgehead atoms. The van der Waals surface area contributed by atoms with Crippen molar-refractivity contribution in [3.8, 4) is 5.75 Å². The van der Waals surface area contributed by atoms with Gasteiger partial charge >= 0.3 is 0 Å². The van der Waals surface area contributed by atoms with Crippen LogP contribution in [0.2, 0.25) is 0 Å². The van der Waals surface area contributed by atoms with Crippen molar-refractivity contribution in [3.05, 3.63) is 24.3 Å². The van der Waals surface area contributed by atoms with Crippen molar-refractivity contribution in [2.24, 2.45) is 0 Å². The fraction of sp³-hybridized carbons (Fsp3) is 0.588. The molecule has 2 N–H and O–H groups in total. The van der Waals surface area contributed by atoms with Gasteiger partial charge in [0, 0.05) is 12.1 Å². The molecule has 7 heteroatoms. The Hall–Kier alpha value is -1.60. The minimum Gasteiger partial charge on any atom is -0.484 e. The molecule has 0 radical (unpaired) electrons. The highest BCUT2D eigenvalue weighted by molar-refractivity contribution is 7.89. The van der Waals surface area contributed by atoms with Gasteiger partial charge in [-0.3, -0.25) is 4.79 Å². The number of carbonyl (C=O) groups excluding carboxylic acids is 1. The largest absolute Gasteiger partial charge is 0.484 e.